The Labute approximate surface area is 134 Å². The molecular weight excluding hydrogens is 297 g/mol. The van der Waals surface area contributed by atoms with Crippen molar-refractivity contribution in [2.75, 3.05) is 0 Å². The van der Waals surface area contributed by atoms with E-state index in [9.17, 15) is 9.18 Å². The first-order chi connectivity index (χ1) is 10.9. The first kappa shape index (κ1) is 16.7. The third-order valence-corrected chi connectivity index (χ3v) is 3.23. The Balaban J connectivity index is 2.08. The van der Waals surface area contributed by atoms with Crippen LogP contribution < -0.4 is 15.8 Å². The van der Waals surface area contributed by atoms with Crippen molar-refractivity contribution in [2.24, 2.45) is 5.73 Å². The molecule has 1 aromatic heterocycles. The molecule has 5 nitrogen and oxygen atoms in total. The second-order valence-electron chi connectivity index (χ2n) is 5.91. The van der Waals surface area contributed by atoms with Gasteiger partial charge >= 0.3 is 6.03 Å². The van der Waals surface area contributed by atoms with Crippen LogP contribution in [0.2, 0.25) is 0 Å². The number of carbonyl (C=O) groups excluding carboxylic acids is 1. The predicted molar refractivity (Wildman–Crippen MR) is 85.5 cm³/mol. The Kier molecular flexibility index (Phi) is 5.16. The highest BCUT2D eigenvalue weighted by Gasteiger charge is 2.22. The average Bonchev–Trinajstić information content (AvgIpc) is 2.46. The Hall–Kier alpha value is -2.63. The number of hydrogen-bond acceptors (Lipinski definition) is 3. The number of rotatable bonds is 6. The van der Waals surface area contributed by atoms with E-state index in [0.29, 0.717) is 24.5 Å². The van der Waals surface area contributed by atoms with Crippen molar-refractivity contribution in [2.45, 2.75) is 32.4 Å². The SMILES string of the molecule is CC(C)(Cc1ncccc1OCc1ccc(F)cc1)NC(N)=O. The number of carbonyl (C=O) groups is 1. The first-order valence-corrected chi connectivity index (χ1v) is 7.24. The first-order valence-electron chi connectivity index (χ1n) is 7.24. The van der Waals surface area contributed by atoms with Gasteiger partial charge in [0.15, 0.2) is 0 Å². The summed E-state index contributed by atoms with van der Waals surface area (Å²) < 4.78 is 18.7. The van der Waals surface area contributed by atoms with Crippen molar-refractivity contribution < 1.29 is 13.9 Å². The number of hydrogen-bond donors (Lipinski definition) is 2. The van der Waals surface area contributed by atoms with E-state index in [1.807, 2.05) is 19.9 Å². The zero-order chi connectivity index (χ0) is 16.9. The number of benzene rings is 1. The molecule has 1 aromatic carbocycles. The lowest BCUT2D eigenvalue weighted by Crippen LogP contribution is -2.47. The Morgan fingerprint density at radius 1 is 1.30 bits per heavy atom. The molecule has 0 radical (unpaired) electrons. The van der Waals surface area contributed by atoms with Crippen LogP contribution >= 0.6 is 0 Å². The second-order valence-corrected chi connectivity index (χ2v) is 5.91. The van der Waals surface area contributed by atoms with Gasteiger partial charge in [-0.05, 0) is 43.7 Å². The number of amides is 2. The van der Waals surface area contributed by atoms with Crippen LogP contribution in [0, 0.1) is 5.82 Å². The second kappa shape index (κ2) is 7.09. The van der Waals surface area contributed by atoms with Gasteiger partial charge in [-0.15, -0.1) is 0 Å². The number of nitrogens with zero attached hydrogens (tertiary/aromatic N) is 1. The molecule has 0 fully saturated rings. The number of aromatic nitrogens is 1. The van der Waals surface area contributed by atoms with Gasteiger partial charge in [-0.2, -0.15) is 0 Å². The van der Waals surface area contributed by atoms with Crippen LogP contribution in [-0.2, 0) is 13.0 Å². The molecule has 3 N–H and O–H groups in total. The van der Waals surface area contributed by atoms with E-state index in [-0.39, 0.29) is 5.82 Å². The fourth-order valence-electron chi connectivity index (χ4n) is 2.23. The lowest BCUT2D eigenvalue weighted by Gasteiger charge is -2.25. The van der Waals surface area contributed by atoms with Crippen LogP contribution in [-0.4, -0.2) is 16.6 Å². The van der Waals surface area contributed by atoms with Gasteiger partial charge in [-0.3, -0.25) is 4.98 Å². The molecule has 2 rings (SSSR count). The van der Waals surface area contributed by atoms with Gasteiger partial charge in [0.05, 0.1) is 5.69 Å². The zero-order valence-electron chi connectivity index (χ0n) is 13.2. The van der Waals surface area contributed by atoms with Crippen molar-refractivity contribution in [3.05, 3.63) is 59.7 Å². The molecule has 0 saturated carbocycles. The largest absolute Gasteiger partial charge is 0.487 e. The normalized spacial score (nSPS) is 11.1. The van der Waals surface area contributed by atoms with Gasteiger partial charge in [0, 0.05) is 18.2 Å². The lowest BCUT2D eigenvalue weighted by molar-refractivity contribution is 0.237. The summed E-state index contributed by atoms with van der Waals surface area (Å²) in [7, 11) is 0. The van der Waals surface area contributed by atoms with E-state index in [4.69, 9.17) is 10.5 Å². The molecular formula is C17H20FN3O2. The molecule has 0 spiro atoms. The van der Waals surface area contributed by atoms with Crippen molar-refractivity contribution >= 4 is 6.03 Å². The molecule has 0 bridgehead atoms. The van der Waals surface area contributed by atoms with E-state index in [1.165, 1.54) is 12.1 Å². The fraction of sp³-hybridized carbons (Fsp3) is 0.294. The van der Waals surface area contributed by atoms with Crippen LogP contribution in [0.15, 0.2) is 42.6 Å². The number of urea groups is 1. The molecule has 2 amide bonds. The molecule has 23 heavy (non-hydrogen) atoms. The minimum atomic E-state index is -0.584. The third kappa shape index (κ3) is 5.25. The molecule has 0 aliphatic heterocycles. The number of nitrogens with one attached hydrogen (secondary N) is 1. The van der Waals surface area contributed by atoms with Gasteiger partial charge in [-0.25, -0.2) is 9.18 Å². The maximum atomic E-state index is 12.9. The molecule has 0 saturated heterocycles. The quantitative estimate of drug-likeness (QED) is 0.860. The van der Waals surface area contributed by atoms with Crippen molar-refractivity contribution in [1.82, 2.24) is 10.3 Å². The maximum Gasteiger partial charge on any atom is 0.312 e. The molecule has 0 aliphatic rings. The highest BCUT2D eigenvalue weighted by molar-refractivity contribution is 5.72. The predicted octanol–water partition coefficient (Wildman–Crippen LogP) is 2.79. The summed E-state index contributed by atoms with van der Waals surface area (Å²) in [5.41, 5.74) is 6.21. The zero-order valence-corrected chi connectivity index (χ0v) is 13.2. The summed E-state index contributed by atoms with van der Waals surface area (Å²) in [6.45, 7) is 4.02. The molecule has 0 unspecified atom stereocenters. The Bertz CT molecular complexity index is 672. The minimum Gasteiger partial charge on any atom is -0.487 e. The van der Waals surface area contributed by atoms with Crippen LogP contribution in [0.4, 0.5) is 9.18 Å². The maximum absolute atomic E-state index is 12.9. The molecule has 1 heterocycles. The molecule has 122 valence electrons. The van der Waals surface area contributed by atoms with E-state index in [1.54, 1.807) is 24.4 Å². The molecule has 6 heteroatoms. The number of pyridine rings is 1. The highest BCUT2D eigenvalue weighted by Crippen LogP contribution is 2.22. The average molecular weight is 317 g/mol. The third-order valence-electron chi connectivity index (χ3n) is 3.23. The van der Waals surface area contributed by atoms with Gasteiger partial charge in [0.2, 0.25) is 0 Å². The summed E-state index contributed by atoms with van der Waals surface area (Å²) in [4.78, 5) is 15.4. The summed E-state index contributed by atoms with van der Waals surface area (Å²) in [6, 6.07) is 9.13. The Morgan fingerprint density at radius 3 is 2.65 bits per heavy atom. The lowest BCUT2D eigenvalue weighted by atomic mass is 9.98. The summed E-state index contributed by atoms with van der Waals surface area (Å²) in [5, 5.41) is 2.68. The number of halogens is 1. The topological polar surface area (TPSA) is 77.2 Å². The van der Waals surface area contributed by atoms with E-state index < -0.39 is 11.6 Å². The van der Waals surface area contributed by atoms with Crippen LogP contribution in [0.5, 0.6) is 5.75 Å². The minimum absolute atomic E-state index is 0.282. The molecule has 0 aliphatic carbocycles. The molecule has 0 atom stereocenters. The summed E-state index contributed by atoms with van der Waals surface area (Å²) in [6.07, 6.45) is 2.13. The number of primary amides is 1. The van der Waals surface area contributed by atoms with Crippen LogP contribution in [0.1, 0.15) is 25.1 Å². The molecule has 2 aromatic rings. The monoisotopic (exact) mass is 317 g/mol. The number of nitrogens with two attached hydrogens (primary N) is 1. The van der Waals surface area contributed by atoms with Crippen molar-refractivity contribution in [3.63, 3.8) is 0 Å². The van der Waals surface area contributed by atoms with E-state index in [2.05, 4.69) is 10.3 Å². The van der Waals surface area contributed by atoms with Crippen molar-refractivity contribution in [1.29, 1.82) is 0 Å². The van der Waals surface area contributed by atoms with E-state index in [0.717, 1.165) is 5.56 Å². The number of ether oxygens (including phenoxy) is 1. The smallest absolute Gasteiger partial charge is 0.312 e. The van der Waals surface area contributed by atoms with Crippen molar-refractivity contribution in [3.8, 4) is 5.75 Å². The fourth-order valence-corrected chi connectivity index (χ4v) is 2.23. The highest BCUT2D eigenvalue weighted by atomic mass is 19.1. The van der Waals surface area contributed by atoms with Gasteiger partial charge < -0.3 is 15.8 Å². The standard InChI is InChI=1S/C17H20FN3O2/c1-17(2,21-16(19)22)10-14-15(4-3-9-20-14)23-11-12-5-7-13(18)8-6-12/h3-9H,10-11H2,1-2H3,(H3,19,21,22). The van der Waals surface area contributed by atoms with Gasteiger partial charge in [0.25, 0.3) is 0 Å². The van der Waals surface area contributed by atoms with Gasteiger partial charge in [-0.1, -0.05) is 12.1 Å². The Morgan fingerprint density at radius 2 is 2.00 bits per heavy atom. The summed E-state index contributed by atoms with van der Waals surface area (Å²) in [5.74, 6) is 0.339. The van der Waals surface area contributed by atoms with Crippen LogP contribution in [0.3, 0.4) is 0 Å². The van der Waals surface area contributed by atoms with Gasteiger partial charge in [0.1, 0.15) is 18.2 Å². The summed E-state index contributed by atoms with van der Waals surface area (Å²) >= 11 is 0. The van der Waals surface area contributed by atoms with Crippen LogP contribution in [0.25, 0.3) is 0 Å². The van der Waals surface area contributed by atoms with E-state index >= 15 is 0 Å².